The SMILES string of the molecule is O=C1[C@@H]2[C@H](C(=O)N1c1cccc(Cl)c1Cl)C1(Cl)c3ccccc3C2(Cl)c2ccccc21. The highest BCUT2D eigenvalue weighted by Gasteiger charge is 2.73. The molecule has 1 heterocycles. The van der Waals surface area contributed by atoms with Gasteiger partial charge in [0.2, 0.25) is 11.8 Å². The Morgan fingerprint density at radius 1 is 0.645 bits per heavy atom. The van der Waals surface area contributed by atoms with Crippen molar-refractivity contribution in [3.05, 3.63) is 99.0 Å². The molecule has 0 radical (unpaired) electrons. The van der Waals surface area contributed by atoms with Gasteiger partial charge in [0, 0.05) is 0 Å². The summed E-state index contributed by atoms with van der Waals surface area (Å²) >= 11 is 27.3. The van der Waals surface area contributed by atoms with Gasteiger partial charge >= 0.3 is 0 Å². The summed E-state index contributed by atoms with van der Waals surface area (Å²) in [6, 6.07) is 19.9. The fourth-order valence-electron chi connectivity index (χ4n) is 5.57. The average molecular weight is 489 g/mol. The number of carbonyl (C=O) groups is 2. The van der Waals surface area contributed by atoms with E-state index in [1.165, 1.54) is 0 Å². The van der Waals surface area contributed by atoms with Gasteiger partial charge in [-0.25, -0.2) is 4.90 Å². The van der Waals surface area contributed by atoms with Crippen LogP contribution in [0.3, 0.4) is 0 Å². The first kappa shape index (κ1) is 19.6. The molecule has 31 heavy (non-hydrogen) atoms. The van der Waals surface area contributed by atoms with Gasteiger partial charge in [-0.2, -0.15) is 0 Å². The highest BCUT2D eigenvalue weighted by molar-refractivity contribution is 6.45. The average Bonchev–Trinajstić information content (AvgIpc) is 3.05. The second kappa shape index (κ2) is 6.26. The van der Waals surface area contributed by atoms with Gasteiger partial charge in [0.05, 0.1) is 27.6 Å². The Hall–Kier alpha value is -2.04. The summed E-state index contributed by atoms with van der Waals surface area (Å²) in [6.07, 6.45) is 0. The molecule has 0 spiro atoms. The van der Waals surface area contributed by atoms with Crippen molar-refractivity contribution in [1.82, 2.24) is 0 Å². The summed E-state index contributed by atoms with van der Waals surface area (Å²) in [6.45, 7) is 0. The lowest BCUT2D eigenvalue weighted by atomic mass is 9.54. The molecule has 2 bridgehead atoms. The number of amides is 2. The van der Waals surface area contributed by atoms with Crippen molar-refractivity contribution >= 4 is 63.9 Å². The van der Waals surface area contributed by atoms with Gasteiger partial charge in [-0.05, 0) is 34.4 Å². The highest BCUT2D eigenvalue weighted by atomic mass is 35.5. The van der Waals surface area contributed by atoms with Gasteiger partial charge in [-0.15, -0.1) is 23.2 Å². The maximum absolute atomic E-state index is 13.8. The Kier molecular flexibility index (Phi) is 3.97. The summed E-state index contributed by atoms with van der Waals surface area (Å²) < 4.78 is 0. The maximum Gasteiger partial charge on any atom is 0.240 e. The van der Waals surface area contributed by atoms with Crippen molar-refractivity contribution in [2.24, 2.45) is 11.8 Å². The minimum atomic E-state index is -1.22. The monoisotopic (exact) mass is 487 g/mol. The fraction of sp³-hybridized carbons (Fsp3) is 0.167. The molecule has 0 N–H and O–H groups in total. The summed E-state index contributed by atoms with van der Waals surface area (Å²) in [5.41, 5.74) is 3.27. The van der Waals surface area contributed by atoms with Crippen LogP contribution in [0.25, 0.3) is 0 Å². The van der Waals surface area contributed by atoms with Gasteiger partial charge in [-0.3, -0.25) is 9.59 Å². The van der Waals surface area contributed by atoms with E-state index in [0.29, 0.717) is 0 Å². The Bertz CT molecular complexity index is 1200. The van der Waals surface area contributed by atoms with Crippen LogP contribution in [-0.2, 0) is 19.3 Å². The number of hydrogen-bond acceptors (Lipinski definition) is 2. The standard InChI is InChI=1S/C24H13Cl4NO2/c25-16-10-5-11-17(20(16)26)29-21(30)18-19(22(29)31)24(28)13-7-2-1-6-12(13)23(18,27)14-8-3-4-9-15(14)24/h1-11,18-19H/t18-,19+,23?,24?. The lowest BCUT2D eigenvalue weighted by Gasteiger charge is -2.54. The molecule has 0 unspecified atom stereocenters. The van der Waals surface area contributed by atoms with E-state index in [1.54, 1.807) is 18.2 Å². The third kappa shape index (κ3) is 2.13. The van der Waals surface area contributed by atoms with E-state index < -0.39 is 33.4 Å². The summed E-state index contributed by atoms with van der Waals surface area (Å²) in [5.74, 6) is -2.61. The Morgan fingerprint density at radius 3 is 1.48 bits per heavy atom. The van der Waals surface area contributed by atoms with Crippen molar-refractivity contribution in [3.63, 3.8) is 0 Å². The number of rotatable bonds is 1. The molecule has 3 nitrogen and oxygen atoms in total. The summed E-state index contributed by atoms with van der Waals surface area (Å²) in [5, 5.41) is 0.393. The summed E-state index contributed by atoms with van der Waals surface area (Å²) in [7, 11) is 0. The number of benzene rings is 3. The van der Waals surface area contributed by atoms with Crippen molar-refractivity contribution in [2.75, 3.05) is 4.90 Å². The number of alkyl halides is 2. The van der Waals surface area contributed by atoms with Crippen molar-refractivity contribution in [3.8, 4) is 0 Å². The first-order valence-electron chi connectivity index (χ1n) is 9.72. The topological polar surface area (TPSA) is 37.4 Å². The number of hydrogen-bond donors (Lipinski definition) is 0. The zero-order valence-corrected chi connectivity index (χ0v) is 18.8. The Balaban J connectivity index is 1.67. The van der Waals surface area contributed by atoms with E-state index in [-0.39, 0.29) is 15.7 Å². The van der Waals surface area contributed by atoms with Crippen molar-refractivity contribution < 1.29 is 9.59 Å². The quantitative estimate of drug-likeness (QED) is 0.307. The first-order chi connectivity index (χ1) is 14.8. The molecule has 154 valence electrons. The highest BCUT2D eigenvalue weighted by Crippen LogP contribution is 2.69. The number of carbonyl (C=O) groups excluding carboxylic acids is 2. The molecule has 4 aliphatic rings. The van der Waals surface area contributed by atoms with Crippen LogP contribution in [0.1, 0.15) is 22.3 Å². The van der Waals surface area contributed by atoms with Crippen molar-refractivity contribution in [2.45, 2.75) is 9.75 Å². The van der Waals surface area contributed by atoms with E-state index in [1.807, 2.05) is 48.5 Å². The van der Waals surface area contributed by atoms with E-state index in [9.17, 15) is 9.59 Å². The van der Waals surface area contributed by atoms with Crippen LogP contribution in [0.5, 0.6) is 0 Å². The molecular formula is C24H13Cl4NO2. The number of anilines is 1. The largest absolute Gasteiger partial charge is 0.274 e. The molecule has 2 atom stereocenters. The molecule has 2 amide bonds. The zero-order valence-electron chi connectivity index (χ0n) is 15.8. The Morgan fingerprint density at radius 2 is 1.06 bits per heavy atom. The molecule has 0 saturated carbocycles. The molecule has 1 aliphatic heterocycles. The molecule has 3 aliphatic carbocycles. The van der Waals surface area contributed by atoms with E-state index >= 15 is 0 Å². The normalized spacial score (nSPS) is 30.3. The smallest absolute Gasteiger partial charge is 0.240 e. The lowest BCUT2D eigenvalue weighted by molar-refractivity contribution is -0.122. The predicted octanol–water partition coefficient (Wildman–Crippen LogP) is 6.09. The second-order valence-corrected chi connectivity index (χ2v) is 10.0. The zero-order chi connectivity index (χ0) is 21.7. The second-order valence-electron chi connectivity index (χ2n) is 8.05. The maximum atomic E-state index is 13.8. The molecule has 3 aromatic rings. The van der Waals surface area contributed by atoms with Gasteiger partial charge < -0.3 is 0 Å². The minimum absolute atomic E-state index is 0.138. The molecule has 1 saturated heterocycles. The molecular weight excluding hydrogens is 476 g/mol. The van der Waals surface area contributed by atoms with Crippen molar-refractivity contribution in [1.29, 1.82) is 0 Å². The molecule has 0 aromatic heterocycles. The van der Waals surface area contributed by atoms with Gasteiger partial charge in [0.15, 0.2) is 0 Å². The van der Waals surface area contributed by atoms with Crippen LogP contribution in [0.15, 0.2) is 66.7 Å². The van der Waals surface area contributed by atoms with Crippen LogP contribution in [0.2, 0.25) is 10.0 Å². The molecule has 7 heteroatoms. The molecule has 7 rings (SSSR count). The van der Waals surface area contributed by atoms with Gasteiger partial charge in [0.1, 0.15) is 9.75 Å². The van der Waals surface area contributed by atoms with Crippen LogP contribution < -0.4 is 4.90 Å². The van der Waals surface area contributed by atoms with Crippen LogP contribution >= 0.6 is 46.4 Å². The van der Waals surface area contributed by atoms with Crippen LogP contribution in [-0.4, -0.2) is 11.8 Å². The third-order valence-corrected chi connectivity index (χ3v) is 8.85. The lowest BCUT2D eigenvalue weighted by Crippen LogP contribution is -2.57. The van der Waals surface area contributed by atoms with E-state index in [4.69, 9.17) is 46.4 Å². The summed E-state index contributed by atoms with van der Waals surface area (Å²) in [4.78, 5) is 26.3. The number of nitrogens with zero attached hydrogens (tertiary/aromatic N) is 1. The Labute approximate surface area is 198 Å². The van der Waals surface area contributed by atoms with E-state index in [2.05, 4.69) is 0 Å². The van der Waals surface area contributed by atoms with Crippen LogP contribution in [0.4, 0.5) is 5.69 Å². The number of halogens is 4. The number of imide groups is 1. The van der Waals surface area contributed by atoms with E-state index in [0.717, 1.165) is 27.2 Å². The van der Waals surface area contributed by atoms with Gasteiger partial charge in [-0.1, -0.05) is 77.8 Å². The molecule has 1 fully saturated rings. The fourth-order valence-corrected chi connectivity index (χ4v) is 7.05. The van der Waals surface area contributed by atoms with Crippen LogP contribution in [0, 0.1) is 11.8 Å². The van der Waals surface area contributed by atoms with Gasteiger partial charge in [0.25, 0.3) is 0 Å². The molecule has 3 aromatic carbocycles. The third-order valence-electron chi connectivity index (χ3n) is 6.76. The minimum Gasteiger partial charge on any atom is -0.274 e. The predicted molar refractivity (Wildman–Crippen MR) is 122 cm³/mol. The first-order valence-corrected chi connectivity index (χ1v) is 11.2.